The van der Waals surface area contributed by atoms with Crippen molar-refractivity contribution in [3.63, 3.8) is 0 Å². The molecular weight excluding hydrogens is 352 g/mol. The van der Waals surface area contributed by atoms with Crippen LogP contribution in [0, 0.1) is 6.92 Å². The molecule has 5 nitrogen and oxygen atoms in total. The Balaban J connectivity index is 1.69. The van der Waals surface area contributed by atoms with Gasteiger partial charge in [0.25, 0.3) is 0 Å². The van der Waals surface area contributed by atoms with Gasteiger partial charge in [-0.15, -0.1) is 0 Å². The van der Waals surface area contributed by atoms with E-state index >= 15 is 0 Å². The van der Waals surface area contributed by atoms with Gasteiger partial charge in [-0.1, -0.05) is 30.3 Å². The van der Waals surface area contributed by atoms with E-state index in [9.17, 15) is 0 Å². The van der Waals surface area contributed by atoms with Crippen molar-refractivity contribution in [2.24, 2.45) is 0 Å². The van der Waals surface area contributed by atoms with E-state index in [1.54, 1.807) is 19.6 Å². The van der Waals surface area contributed by atoms with Crippen LogP contribution in [0.2, 0.25) is 0 Å². The Hall–Kier alpha value is -2.63. The van der Waals surface area contributed by atoms with Gasteiger partial charge in [0.1, 0.15) is 5.75 Å². The summed E-state index contributed by atoms with van der Waals surface area (Å²) in [6.07, 6.45) is 6.55. The van der Waals surface area contributed by atoms with Crippen molar-refractivity contribution in [2.75, 3.05) is 13.7 Å². The number of benzene rings is 2. The Morgan fingerprint density at radius 3 is 2.68 bits per heavy atom. The van der Waals surface area contributed by atoms with Crippen molar-refractivity contribution in [2.45, 2.75) is 38.7 Å². The standard InChI is InChI=1S/C23H26N2O3/c1-17-14-20(6-9-22(17)19-4-7-21(26-3)8-5-19)23(15-25-12-11-24-16-25)27-13-10-18(2)28-23/h4-9,11-12,14,16,18H,10,13,15H2,1-3H3. The molecule has 1 aliphatic heterocycles. The molecule has 1 fully saturated rings. The van der Waals surface area contributed by atoms with Crippen LogP contribution in [0.15, 0.2) is 61.2 Å². The second kappa shape index (κ2) is 7.78. The molecule has 3 aromatic rings. The molecule has 1 aliphatic rings. The van der Waals surface area contributed by atoms with Crippen LogP contribution >= 0.6 is 0 Å². The SMILES string of the molecule is COc1ccc(-c2ccc(C3(Cn4ccnc4)OCCC(C)O3)cc2C)cc1. The van der Waals surface area contributed by atoms with E-state index in [0.717, 1.165) is 23.3 Å². The number of nitrogens with zero attached hydrogens (tertiary/aromatic N) is 2. The zero-order chi connectivity index (χ0) is 19.6. The quantitative estimate of drug-likeness (QED) is 0.654. The Bertz CT molecular complexity index is 922. The van der Waals surface area contributed by atoms with Crippen LogP contribution in [0.3, 0.4) is 0 Å². The first-order chi connectivity index (χ1) is 13.6. The fraction of sp³-hybridized carbons (Fsp3) is 0.348. The molecule has 0 radical (unpaired) electrons. The van der Waals surface area contributed by atoms with Crippen LogP contribution in [0.1, 0.15) is 24.5 Å². The summed E-state index contributed by atoms with van der Waals surface area (Å²) >= 11 is 0. The highest BCUT2D eigenvalue weighted by molar-refractivity contribution is 5.68. The Morgan fingerprint density at radius 2 is 2.04 bits per heavy atom. The van der Waals surface area contributed by atoms with Crippen molar-refractivity contribution < 1.29 is 14.2 Å². The molecule has 1 aromatic heterocycles. The van der Waals surface area contributed by atoms with Crippen molar-refractivity contribution in [1.82, 2.24) is 9.55 Å². The Labute approximate surface area is 165 Å². The normalized spacial score (nSPS) is 22.2. The summed E-state index contributed by atoms with van der Waals surface area (Å²) in [5.74, 6) is 0.0528. The Kier molecular flexibility index (Phi) is 5.20. The number of methoxy groups -OCH3 is 1. The maximum atomic E-state index is 6.38. The second-order valence-electron chi connectivity index (χ2n) is 7.31. The third-order valence-electron chi connectivity index (χ3n) is 5.27. The molecule has 2 atom stereocenters. The summed E-state index contributed by atoms with van der Waals surface area (Å²) in [6, 6.07) is 14.6. The molecule has 0 bridgehead atoms. The lowest BCUT2D eigenvalue weighted by atomic mass is 9.94. The lowest BCUT2D eigenvalue weighted by molar-refractivity contribution is -0.306. The molecule has 2 unspecified atom stereocenters. The molecule has 4 rings (SSSR count). The number of rotatable bonds is 5. The predicted molar refractivity (Wildman–Crippen MR) is 108 cm³/mol. The topological polar surface area (TPSA) is 45.5 Å². The summed E-state index contributed by atoms with van der Waals surface area (Å²) in [5, 5.41) is 0. The van der Waals surface area contributed by atoms with Gasteiger partial charge in [0, 0.05) is 18.0 Å². The zero-order valence-electron chi connectivity index (χ0n) is 16.6. The van der Waals surface area contributed by atoms with E-state index in [0.29, 0.717) is 13.2 Å². The molecule has 5 heteroatoms. The lowest BCUT2D eigenvalue weighted by Gasteiger charge is -2.41. The lowest BCUT2D eigenvalue weighted by Crippen LogP contribution is -2.44. The van der Waals surface area contributed by atoms with E-state index < -0.39 is 5.79 Å². The van der Waals surface area contributed by atoms with Crippen molar-refractivity contribution in [3.8, 4) is 16.9 Å². The van der Waals surface area contributed by atoms with Gasteiger partial charge in [-0.2, -0.15) is 0 Å². The summed E-state index contributed by atoms with van der Waals surface area (Å²) in [5.41, 5.74) is 4.56. The van der Waals surface area contributed by atoms with E-state index in [-0.39, 0.29) is 6.10 Å². The van der Waals surface area contributed by atoms with Crippen LogP contribution in [0.4, 0.5) is 0 Å². The first-order valence-electron chi connectivity index (χ1n) is 9.63. The molecule has 2 aromatic carbocycles. The van der Waals surface area contributed by atoms with Crippen molar-refractivity contribution in [1.29, 1.82) is 0 Å². The number of hydrogen-bond donors (Lipinski definition) is 0. The van der Waals surface area contributed by atoms with Gasteiger partial charge in [-0.05, 0) is 49.1 Å². The zero-order valence-corrected chi connectivity index (χ0v) is 16.6. The highest BCUT2D eigenvalue weighted by Gasteiger charge is 2.40. The van der Waals surface area contributed by atoms with Crippen molar-refractivity contribution in [3.05, 3.63) is 72.3 Å². The number of aryl methyl sites for hydroxylation is 1. The third kappa shape index (κ3) is 3.68. The molecule has 0 spiro atoms. The third-order valence-corrected chi connectivity index (χ3v) is 5.27. The fourth-order valence-electron chi connectivity index (χ4n) is 3.75. The van der Waals surface area contributed by atoms with Gasteiger partial charge in [0.05, 0.1) is 32.7 Å². The van der Waals surface area contributed by atoms with E-state index in [4.69, 9.17) is 14.2 Å². The largest absolute Gasteiger partial charge is 0.497 e. The van der Waals surface area contributed by atoms with E-state index in [1.165, 1.54) is 11.1 Å². The summed E-state index contributed by atoms with van der Waals surface area (Å²) in [7, 11) is 1.68. The molecule has 146 valence electrons. The second-order valence-corrected chi connectivity index (χ2v) is 7.31. The molecule has 28 heavy (non-hydrogen) atoms. The highest BCUT2D eigenvalue weighted by atomic mass is 16.7. The Morgan fingerprint density at radius 1 is 1.21 bits per heavy atom. The van der Waals surface area contributed by atoms with Crippen LogP contribution in [-0.2, 0) is 21.8 Å². The molecule has 0 N–H and O–H groups in total. The fourth-order valence-corrected chi connectivity index (χ4v) is 3.75. The van der Waals surface area contributed by atoms with E-state index in [1.807, 2.05) is 22.9 Å². The number of hydrogen-bond acceptors (Lipinski definition) is 4. The summed E-state index contributed by atoms with van der Waals surface area (Å²) in [6.45, 7) is 5.47. The van der Waals surface area contributed by atoms with Gasteiger partial charge >= 0.3 is 0 Å². The van der Waals surface area contributed by atoms with Crippen LogP contribution in [0.5, 0.6) is 5.75 Å². The minimum atomic E-state index is -0.804. The predicted octanol–water partition coefficient (Wildman–Crippen LogP) is 4.55. The first kappa shape index (κ1) is 18.7. The maximum absolute atomic E-state index is 6.38. The van der Waals surface area contributed by atoms with Gasteiger partial charge in [0.2, 0.25) is 5.79 Å². The molecular formula is C23H26N2O3. The molecule has 0 aliphatic carbocycles. The van der Waals surface area contributed by atoms with Gasteiger partial charge in [0.15, 0.2) is 0 Å². The average Bonchev–Trinajstić information content (AvgIpc) is 3.21. The molecule has 1 saturated heterocycles. The highest BCUT2D eigenvalue weighted by Crippen LogP contribution is 2.37. The minimum Gasteiger partial charge on any atom is -0.497 e. The van der Waals surface area contributed by atoms with Gasteiger partial charge < -0.3 is 18.8 Å². The smallest absolute Gasteiger partial charge is 0.213 e. The summed E-state index contributed by atoms with van der Waals surface area (Å²) in [4.78, 5) is 4.16. The minimum absolute atomic E-state index is 0.138. The average molecular weight is 378 g/mol. The van der Waals surface area contributed by atoms with Gasteiger partial charge in [-0.3, -0.25) is 0 Å². The first-order valence-corrected chi connectivity index (χ1v) is 9.63. The molecule has 2 heterocycles. The van der Waals surface area contributed by atoms with Gasteiger partial charge in [-0.25, -0.2) is 4.98 Å². The monoisotopic (exact) mass is 378 g/mol. The maximum Gasteiger partial charge on any atom is 0.213 e. The molecule has 0 saturated carbocycles. The van der Waals surface area contributed by atoms with Crippen LogP contribution in [0.25, 0.3) is 11.1 Å². The van der Waals surface area contributed by atoms with E-state index in [2.05, 4.69) is 49.2 Å². The summed E-state index contributed by atoms with van der Waals surface area (Å²) < 4.78 is 19.9. The van der Waals surface area contributed by atoms with Crippen molar-refractivity contribution >= 4 is 0 Å². The number of aromatic nitrogens is 2. The van der Waals surface area contributed by atoms with Crippen LogP contribution < -0.4 is 4.74 Å². The molecule has 0 amide bonds. The van der Waals surface area contributed by atoms with Crippen LogP contribution in [-0.4, -0.2) is 29.4 Å². The number of imidazole rings is 1. The number of ether oxygens (including phenoxy) is 3.